The fourth-order valence-corrected chi connectivity index (χ4v) is 8.74. The molecule has 0 aliphatic heterocycles. The van der Waals surface area contributed by atoms with Crippen molar-refractivity contribution < 1.29 is 0 Å². The SMILES string of the molecule is CC1=Cc2c(Br)cccc2C1[Si](C)(C)C1=CC(c2ccccc2)=CC1. The van der Waals surface area contributed by atoms with Crippen molar-refractivity contribution in [3.63, 3.8) is 0 Å². The Morgan fingerprint density at radius 3 is 2.48 bits per heavy atom. The zero-order chi connectivity index (χ0) is 17.6. The highest BCUT2D eigenvalue weighted by atomic mass is 79.9. The van der Waals surface area contributed by atoms with Crippen molar-refractivity contribution in [2.45, 2.75) is 32.0 Å². The smallest absolute Gasteiger partial charge is 0.0756 e. The average Bonchev–Trinajstić information content (AvgIpc) is 3.21. The summed E-state index contributed by atoms with van der Waals surface area (Å²) in [6.45, 7) is 7.39. The van der Waals surface area contributed by atoms with Gasteiger partial charge in [-0.1, -0.05) is 100 Å². The van der Waals surface area contributed by atoms with E-state index in [2.05, 4.69) is 103 Å². The molecule has 2 aromatic carbocycles. The standard InChI is InChI=1S/C23H23BrSi/c1-16-14-21-20(10-7-11-22(21)24)23(16)25(2,3)19-13-12-18(15-19)17-8-5-4-6-9-17/h4-12,14-15,23H,13H2,1-3H3. The van der Waals surface area contributed by atoms with E-state index >= 15 is 0 Å². The molecule has 2 aromatic rings. The van der Waals surface area contributed by atoms with Gasteiger partial charge in [0.2, 0.25) is 0 Å². The zero-order valence-corrected chi connectivity index (χ0v) is 17.6. The van der Waals surface area contributed by atoms with Crippen LogP contribution < -0.4 is 0 Å². The minimum Gasteiger partial charge on any atom is -0.0756 e. The van der Waals surface area contributed by atoms with Gasteiger partial charge in [-0.05, 0) is 41.7 Å². The van der Waals surface area contributed by atoms with Crippen LogP contribution in [0, 0.1) is 0 Å². The minimum atomic E-state index is -1.63. The number of fused-ring (bicyclic) bond motifs is 1. The van der Waals surface area contributed by atoms with Crippen molar-refractivity contribution in [2.24, 2.45) is 0 Å². The van der Waals surface area contributed by atoms with Gasteiger partial charge in [-0.3, -0.25) is 0 Å². The molecule has 2 aliphatic rings. The van der Waals surface area contributed by atoms with E-state index in [9.17, 15) is 0 Å². The zero-order valence-electron chi connectivity index (χ0n) is 15.0. The number of hydrogen-bond acceptors (Lipinski definition) is 0. The molecule has 0 nitrogen and oxygen atoms in total. The van der Waals surface area contributed by atoms with Crippen molar-refractivity contribution in [2.75, 3.05) is 0 Å². The lowest BCUT2D eigenvalue weighted by atomic mass is 10.1. The van der Waals surface area contributed by atoms with Crippen LogP contribution in [0.25, 0.3) is 11.6 Å². The normalized spacial score (nSPS) is 19.4. The van der Waals surface area contributed by atoms with E-state index in [1.807, 2.05) is 0 Å². The number of hydrogen-bond donors (Lipinski definition) is 0. The van der Waals surface area contributed by atoms with E-state index in [0.717, 1.165) is 6.42 Å². The minimum absolute atomic E-state index is 0.578. The van der Waals surface area contributed by atoms with Crippen LogP contribution >= 0.6 is 15.9 Å². The maximum atomic E-state index is 3.74. The van der Waals surface area contributed by atoms with Crippen LogP contribution in [0.1, 0.15) is 35.6 Å². The van der Waals surface area contributed by atoms with Gasteiger partial charge < -0.3 is 0 Å². The number of allylic oxidation sites excluding steroid dienone is 5. The highest BCUT2D eigenvalue weighted by Crippen LogP contribution is 2.48. The first-order valence-electron chi connectivity index (χ1n) is 8.91. The van der Waals surface area contributed by atoms with Crippen molar-refractivity contribution in [1.82, 2.24) is 0 Å². The molecule has 0 N–H and O–H groups in total. The summed E-state index contributed by atoms with van der Waals surface area (Å²) in [6.07, 6.45) is 8.39. The summed E-state index contributed by atoms with van der Waals surface area (Å²) >= 11 is 3.74. The first kappa shape index (κ1) is 16.8. The van der Waals surface area contributed by atoms with Crippen LogP contribution in [0.15, 0.2) is 75.9 Å². The van der Waals surface area contributed by atoms with E-state index in [4.69, 9.17) is 0 Å². The molecule has 0 heterocycles. The first-order chi connectivity index (χ1) is 12.0. The maximum absolute atomic E-state index is 3.74. The Morgan fingerprint density at radius 1 is 0.960 bits per heavy atom. The molecule has 4 rings (SSSR count). The number of benzene rings is 2. The van der Waals surface area contributed by atoms with Crippen LogP contribution in [0.3, 0.4) is 0 Å². The van der Waals surface area contributed by atoms with Gasteiger partial charge in [-0.2, -0.15) is 0 Å². The molecule has 0 amide bonds. The van der Waals surface area contributed by atoms with Gasteiger partial charge in [0.1, 0.15) is 0 Å². The fourth-order valence-electron chi connectivity index (χ4n) is 4.46. The van der Waals surface area contributed by atoms with Crippen LogP contribution in [0.2, 0.25) is 13.1 Å². The number of rotatable bonds is 3. The molecule has 0 saturated carbocycles. The van der Waals surface area contributed by atoms with E-state index in [1.165, 1.54) is 32.3 Å². The van der Waals surface area contributed by atoms with Crippen LogP contribution in [0.5, 0.6) is 0 Å². The van der Waals surface area contributed by atoms with Gasteiger partial charge in [-0.15, -0.1) is 0 Å². The van der Waals surface area contributed by atoms with Crippen LogP contribution in [-0.4, -0.2) is 8.07 Å². The molecule has 0 saturated heterocycles. The van der Waals surface area contributed by atoms with Crippen molar-refractivity contribution in [3.05, 3.63) is 92.6 Å². The quantitative estimate of drug-likeness (QED) is 0.474. The molecule has 2 aliphatic carbocycles. The molecule has 126 valence electrons. The summed E-state index contributed by atoms with van der Waals surface area (Å²) in [6, 6.07) is 17.4. The molecule has 0 fully saturated rings. The Bertz CT molecular complexity index is 916. The summed E-state index contributed by atoms with van der Waals surface area (Å²) in [5.74, 6) is 0. The predicted molar refractivity (Wildman–Crippen MR) is 115 cm³/mol. The van der Waals surface area contributed by atoms with Gasteiger partial charge >= 0.3 is 0 Å². The second-order valence-corrected chi connectivity index (χ2v) is 13.2. The van der Waals surface area contributed by atoms with Crippen LogP contribution in [0.4, 0.5) is 0 Å². The summed E-state index contributed by atoms with van der Waals surface area (Å²) in [5, 5.41) is 1.66. The molecule has 25 heavy (non-hydrogen) atoms. The molecular weight excluding hydrogens is 384 g/mol. The summed E-state index contributed by atoms with van der Waals surface area (Å²) in [7, 11) is -1.63. The lowest BCUT2D eigenvalue weighted by Gasteiger charge is -2.33. The topological polar surface area (TPSA) is 0 Å². The summed E-state index contributed by atoms with van der Waals surface area (Å²) in [4.78, 5) is 0. The molecule has 0 spiro atoms. The summed E-state index contributed by atoms with van der Waals surface area (Å²) < 4.78 is 1.22. The van der Waals surface area contributed by atoms with E-state index < -0.39 is 8.07 Å². The van der Waals surface area contributed by atoms with Crippen molar-refractivity contribution in [3.8, 4) is 0 Å². The van der Waals surface area contributed by atoms with Crippen molar-refractivity contribution in [1.29, 1.82) is 0 Å². The predicted octanol–water partition coefficient (Wildman–Crippen LogP) is 7.15. The monoisotopic (exact) mass is 406 g/mol. The molecule has 2 heteroatoms. The van der Waals surface area contributed by atoms with Gasteiger partial charge in [0, 0.05) is 10.0 Å². The average molecular weight is 407 g/mol. The fraction of sp³-hybridized carbons (Fsp3) is 0.217. The molecule has 0 aromatic heterocycles. The third kappa shape index (κ3) is 2.82. The third-order valence-electron chi connectivity index (χ3n) is 5.75. The van der Waals surface area contributed by atoms with Gasteiger partial charge in [-0.25, -0.2) is 0 Å². The van der Waals surface area contributed by atoms with E-state index in [1.54, 1.807) is 5.20 Å². The lowest BCUT2D eigenvalue weighted by molar-refractivity contribution is 1.06. The van der Waals surface area contributed by atoms with E-state index in [0.29, 0.717) is 5.54 Å². The lowest BCUT2D eigenvalue weighted by Crippen LogP contribution is -2.37. The highest BCUT2D eigenvalue weighted by molar-refractivity contribution is 9.10. The van der Waals surface area contributed by atoms with E-state index in [-0.39, 0.29) is 0 Å². The highest BCUT2D eigenvalue weighted by Gasteiger charge is 2.41. The van der Waals surface area contributed by atoms with Crippen LogP contribution in [-0.2, 0) is 0 Å². The Morgan fingerprint density at radius 2 is 1.72 bits per heavy atom. The summed E-state index contributed by atoms with van der Waals surface area (Å²) in [5.41, 5.74) is 7.73. The van der Waals surface area contributed by atoms with Gasteiger partial charge in [0.25, 0.3) is 0 Å². The van der Waals surface area contributed by atoms with Gasteiger partial charge in [0.15, 0.2) is 0 Å². The first-order valence-corrected chi connectivity index (χ1v) is 12.8. The Hall–Kier alpha value is -1.64. The maximum Gasteiger partial charge on any atom is 0.0876 e. The van der Waals surface area contributed by atoms with Crippen molar-refractivity contribution >= 4 is 35.7 Å². The molecule has 0 radical (unpaired) electrons. The Kier molecular flexibility index (Phi) is 4.21. The third-order valence-corrected chi connectivity index (χ3v) is 10.7. The number of halogens is 1. The molecule has 1 unspecified atom stereocenters. The molecule has 0 bridgehead atoms. The molecule has 1 atom stereocenters. The second kappa shape index (κ2) is 6.26. The Balaban J connectivity index is 1.71. The second-order valence-electron chi connectivity index (χ2n) is 7.68. The van der Waals surface area contributed by atoms with Gasteiger partial charge in [0.05, 0.1) is 8.07 Å². The Labute approximate surface area is 160 Å². The largest absolute Gasteiger partial charge is 0.0876 e. The molecular formula is C23H23BrSi.